The lowest BCUT2D eigenvalue weighted by molar-refractivity contribution is -0.145. The summed E-state index contributed by atoms with van der Waals surface area (Å²) in [6.45, 7) is 3.33. The maximum Gasteiger partial charge on any atom is 0.390 e. The number of likely N-dealkylation sites (tertiary alicyclic amines) is 1. The average Bonchev–Trinajstić information content (AvgIpc) is 3.06. The summed E-state index contributed by atoms with van der Waals surface area (Å²) in [4.78, 5) is 14.0. The van der Waals surface area contributed by atoms with Crippen molar-refractivity contribution in [3.05, 3.63) is 0 Å². The zero-order chi connectivity index (χ0) is 20.6. The molecule has 0 spiro atoms. The van der Waals surface area contributed by atoms with Crippen molar-refractivity contribution < 1.29 is 18.0 Å². The monoisotopic (exact) mass is 439 g/mol. The van der Waals surface area contributed by atoms with Crippen molar-refractivity contribution in [3.63, 3.8) is 0 Å². The fourth-order valence-corrected chi connectivity index (χ4v) is 5.40. The largest absolute Gasteiger partial charge is 0.390 e. The molecule has 0 aliphatic carbocycles. The highest BCUT2D eigenvalue weighted by molar-refractivity contribution is 6.31. The van der Waals surface area contributed by atoms with Gasteiger partial charge in [-0.1, -0.05) is 0 Å². The van der Waals surface area contributed by atoms with E-state index in [-0.39, 0.29) is 30.0 Å². The van der Waals surface area contributed by atoms with Crippen molar-refractivity contribution in [3.8, 4) is 0 Å². The summed E-state index contributed by atoms with van der Waals surface area (Å²) in [5.41, 5.74) is 11.9. The van der Waals surface area contributed by atoms with E-state index in [1.807, 2.05) is 0 Å². The number of carbonyl (C=O) groups excluding carboxylic acids is 1. The SMILES string of the molecule is O=C1NNCC(N2CCC3C(C2)NNN3CC2CCCNC2CC(F)(F)F)C1Cl. The second-order valence-corrected chi connectivity index (χ2v) is 8.96. The standard InChI is InChI=1S/C17H29ClF3N7O/c18-15-14(7-23-25-16(15)29)27-5-3-13-12(9-27)24-26-28(13)8-10-2-1-4-22-11(10)6-17(19,20)21/h10-15,22-24,26H,1-9H2,(H,25,29). The maximum absolute atomic E-state index is 12.9. The Morgan fingerprint density at radius 2 is 2.03 bits per heavy atom. The van der Waals surface area contributed by atoms with Crippen LogP contribution in [0.15, 0.2) is 0 Å². The van der Waals surface area contributed by atoms with Crippen LogP contribution < -0.4 is 27.1 Å². The Morgan fingerprint density at radius 1 is 1.21 bits per heavy atom. The Bertz CT molecular complexity index is 598. The van der Waals surface area contributed by atoms with Gasteiger partial charge < -0.3 is 5.32 Å². The average molecular weight is 440 g/mol. The van der Waals surface area contributed by atoms with Crippen LogP contribution in [0, 0.1) is 5.92 Å². The van der Waals surface area contributed by atoms with E-state index in [0.717, 1.165) is 32.4 Å². The predicted octanol–water partition coefficient (Wildman–Crippen LogP) is -0.315. The summed E-state index contributed by atoms with van der Waals surface area (Å²) in [5, 5.41) is 4.54. The summed E-state index contributed by atoms with van der Waals surface area (Å²) >= 11 is 6.30. The molecule has 6 atom stereocenters. The van der Waals surface area contributed by atoms with Gasteiger partial charge in [0.25, 0.3) is 5.91 Å². The number of rotatable bonds is 4. The highest BCUT2D eigenvalue weighted by Gasteiger charge is 2.45. The minimum atomic E-state index is -4.16. The molecule has 166 valence electrons. The number of fused-ring (bicyclic) bond motifs is 1. The number of halogens is 4. The van der Waals surface area contributed by atoms with Gasteiger partial charge in [0.2, 0.25) is 0 Å². The summed E-state index contributed by atoms with van der Waals surface area (Å²) in [5.74, 6) is -0.264. The smallest absolute Gasteiger partial charge is 0.313 e. The molecule has 4 aliphatic heterocycles. The third-order valence-corrected chi connectivity index (χ3v) is 7.08. The number of hydrogen-bond donors (Lipinski definition) is 5. The van der Waals surface area contributed by atoms with Crippen LogP contribution in [0.1, 0.15) is 25.7 Å². The molecule has 29 heavy (non-hydrogen) atoms. The zero-order valence-corrected chi connectivity index (χ0v) is 16.9. The number of piperidine rings is 2. The number of alkyl halides is 4. The highest BCUT2D eigenvalue weighted by atomic mass is 35.5. The van der Waals surface area contributed by atoms with E-state index in [0.29, 0.717) is 19.6 Å². The van der Waals surface area contributed by atoms with Gasteiger partial charge in [-0.3, -0.25) is 15.1 Å². The van der Waals surface area contributed by atoms with E-state index in [4.69, 9.17) is 11.6 Å². The Morgan fingerprint density at radius 3 is 2.83 bits per heavy atom. The number of amides is 1. The Balaban J connectivity index is 1.34. The lowest BCUT2D eigenvalue weighted by atomic mass is 9.87. The summed E-state index contributed by atoms with van der Waals surface area (Å²) in [6, 6.07) is -0.275. The number of hydrazine groups is 3. The van der Waals surface area contributed by atoms with E-state index >= 15 is 0 Å². The quantitative estimate of drug-likeness (QED) is 0.384. The lowest BCUT2D eigenvalue weighted by Gasteiger charge is -2.43. The molecular weight excluding hydrogens is 411 g/mol. The molecule has 0 saturated carbocycles. The minimum absolute atomic E-state index is 0.0464. The summed E-state index contributed by atoms with van der Waals surface area (Å²) in [7, 11) is 0. The molecule has 6 unspecified atom stereocenters. The third-order valence-electron chi connectivity index (χ3n) is 6.59. The second kappa shape index (κ2) is 8.81. The number of carbonyl (C=O) groups is 1. The molecule has 8 nitrogen and oxygen atoms in total. The first kappa shape index (κ1) is 21.5. The topological polar surface area (TPSA) is 83.7 Å². The molecule has 0 aromatic heterocycles. The first-order valence-electron chi connectivity index (χ1n) is 10.3. The Labute approximate surface area is 173 Å². The summed E-state index contributed by atoms with van der Waals surface area (Å²) < 4.78 is 38.8. The van der Waals surface area contributed by atoms with Crippen molar-refractivity contribution in [1.82, 2.24) is 37.0 Å². The zero-order valence-electron chi connectivity index (χ0n) is 16.1. The predicted molar refractivity (Wildman–Crippen MR) is 102 cm³/mol. The molecule has 4 heterocycles. The number of nitrogens with one attached hydrogen (secondary N) is 5. The number of hydrogen-bond acceptors (Lipinski definition) is 7. The van der Waals surface area contributed by atoms with Crippen LogP contribution in [0.2, 0.25) is 0 Å². The van der Waals surface area contributed by atoms with E-state index in [1.54, 1.807) is 0 Å². The van der Waals surface area contributed by atoms with Crippen molar-refractivity contribution in [2.45, 2.75) is 61.4 Å². The summed E-state index contributed by atoms with van der Waals surface area (Å²) in [6.07, 6.45) is -2.39. The second-order valence-electron chi connectivity index (χ2n) is 8.49. The fourth-order valence-electron chi connectivity index (χ4n) is 5.09. The first-order chi connectivity index (χ1) is 13.8. The molecule has 0 aromatic rings. The van der Waals surface area contributed by atoms with Gasteiger partial charge >= 0.3 is 6.18 Å². The van der Waals surface area contributed by atoms with E-state index < -0.39 is 24.0 Å². The minimum Gasteiger partial charge on any atom is -0.313 e. The molecule has 4 aliphatic rings. The molecule has 0 aromatic carbocycles. The first-order valence-corrected chi connectivity index (χ1v) is 10.7. The van der Waals surface area contributed by atoms with Crippen LogP contribution in [0.4, 0.5) is 13.2 Å². The van der Waals surface area contributed by atoms with Crippen LogP contribution in [0.3, 0.4) is 0 Å². The molecule has 12 heteroatoms. The van der Waals surface area contributed by atoms with Crippen LogP contribution in [0.25, 0.3) is 0 Å². The molecular formula is C17H29ClF3N7O. The van der Waals surface area contributed by atoms with Gasteiger partial charge in [0.05, 0.1) is 12.5 Å². The third kappa shape index (κ3) is 4.97. The van der Waals surface area contributed by atoms with Crippen molar-refractivity contribution in [2.24, 2.45) is 5.92 Å². The van der Waals surface area contributed by atoms with Gasteiger partial charge in [-0.05, 0) is 31.7 Å². The highest BCUT2D eigenvalue weighted by Crippen LogP contribution is 2.31. The molecule has 4 saturated heterocycles. The van der Waals surface area contributed by atoms with Crippen LogP contribution in [0.5, 0.6) is 0 Å². The van der Waals surface area contributed by atoms with E-state index in [2.05, 4.69) is 37.0 Å². The van der Waals surface area contributed by atoms with Crippen LogP contribution in [-0.2, 0) is 4.79 Å². The number of nitrogens with zero attached hydrogens (tertiary/aromatic N) is 2. The van der Waals surface area contributed by atoms with Gasteiger partial charge in [-0.2, -0.15) is 18.7 Å². The van der Waals surface area contributed by atoms with Gasteiger partial charge in [-0.25, -0.2) is 15.9 Å². The van der Waals surface area contributed by atoms with Gasteiger partial charge in [-0.15, -0.1) is 11.6 Å². The van der Waals surface area contributed by atoms with Gasteiger partial charge in [0.15, 0.2) is 0 Å². The van der Waals surface area contributed by atoms with Crippen molar-refractivity contribution >= 4 is 17.5 Å². The van der Waals surface area contributed by atoms with Crippen LogP contribution in [-0.4, -0.2) is 84.3 Å². The van der Waals surface area contributed by atoms with Crippen molar-refractivity contribution in [2.75, 3.05) is 32.7 Å². The Hall–Kier alpha value is -0.690. The lowest BCUT2D eigenvalue weighted by Crippen LogP contribution is -2.65. The molecule has 5 N–H and O–H groups in total. The molecule has 0 radical (unpaired) electrons. The van der Waals surface area contributed by atoms with Crippen molar-refractivity contribution in [1.29, 1.82) is 0 Å². The fraction of sp³-hybridized carbons (Fsp3) is 0.941. The van der Waals surface area contributed by atoms with Gasteiger partial charge in [0, 0.05) is 44.3 Å². The molecule has 4 fully saturated rings. The van der Waals surface area contributed by atoms with Gasteiger partial charge in [0.1, 0.15) is 5.38 Å². The van der Waals surface area contributed by atoms with Crippen LogP contribution >= 0.6 is 11.6 Å². The Kier molecular flexibility index (Phi) is 6.55. The van der Waals surface area contributed by atoms with E-state index in [9.17, 15) is 18.0 Å². The van der Waals surface area contributed by atoms with E-state index in [1.165, 1.54) is 0 Å². The molecule has 1 amide bonds. The molecule has 4 rings (SSSR count). The maximum atomic E-state index is 12.9. The normalized spacial score (nSPS) is 39.9. The molecule has 0 bridgehead atoms.